The molecule has 0 aliphatic heterocycles. The van der Waals surface area contributed by atoms with Crippen LogP contribution >= 0.6 is 50.7 Å². The Morgan fingerprint density at radius 1 is 1.14 bits per heavy atom. The topological polar surface area (TPSA) is 26.3 Å². The van der Waals surface area contributed by atoms with Crippen molar-refractivity contribution in [1.29, 1.82) is 0 Å². The Balaban J connectivity index is 2.49. The molecule has 0 fully saturated rings. The highest BCUT2D eigenvalue weighted by atomic mass is 79.9. The quantitative estimate of drug-likeness (QED) is 0.577. The number of ether oxygens (including phenoxy) is 1. The second-order valence-electron chi connectivity index (χ2n) is 4.13. The highest BCUT2D eigenvalue weighted by Gasteiger charge is 2.19. The molecule has 6 heteroatoms. The molecule has 0 heterocycles. The molecule has 2 aromatic carbocycles. The predicted octanol–water partition coefficient (Wildman–Crippen LogP) is 6.04. The van der Waals surface area contributed by atoms with E-state index in [1.165, 1.54) is 12.1 Å². The molecule has 21 heavy (non-hydrogen) atoms. The lowest BCUT2D eigenvalue weighted by Crippen LogP contribution is -2.04. The molecule has 0 bridgehead atoms. The Hall–Kier alpha value is -0.740. The number of ketones is 1. The largest absolute Gasteiger partial charge is 0.492 e. The van der Waals surface area contributed by atoms with Crippen molar-refractivity contribution in [3.63, 3.8) is 0 Å². The van der Waals surface area contributed by atoms with E-state index in [4.69, 9.17) is 39.5 Å². The van der Waals surface area contributed by atoms with Gasteiger partial charge in [-0.2, -0.15) is 0 Å². The number of rotatable bonds is 4. The van der Waals surface area contributed by atoms with Crippen LogP contribution < -0.4 is 4.74 Å². The standard InChI is InChI=1S/C15H10BrCl3O2/c1-2-21-13-7-11(17)9(6-12(13)18)15(20)8-4-3-5-10(16)14(8)19/h3-7H,2H2,1H3. The molecule has 0 saturated heterocycles. The third kappa shape index (κ3) is 3.54. The fraction of sp³-hybridized carbons (Fsp3) is 0.133. The predicted molar refractivity (Wildman–Crippen MR) is 90.2 cm³/mol. The van der Waals surface area contributed by atoms with Crippen LogP contribution in [0.1, 0.15) is 22.8 Å². The summed E-state index contributed by atoms with van der Waals surface area (Å²) in [5.41, 5.74) is 0.637. The van der Waals surface area contributed by atoms with Gasteiger partial charge in [0.2, 0.25) is 0 Å². The lowest BCUT2D eigenvalue weighted by molar-refractivity contribution is 0.103. The summed E-state index contributed by atoms with van der Waals surface area (Å²) in [5.74, 6) is 0.150. The van der Waals surface area contributed by atoms with E-state index in [1.807, 2.05) is 6.92 Å². The van der Waals surface area contributed by atoms with Gasteiger partial charge in [-0.25, -0.2) is 0 Å². The highest BCUT2D eigenvalue weighted by molar-refractivity contribution is 9.10. The Morgan fingerprint density at radius 3 is 2.52 bits per heavy atom. The Kier molecular flexibility index (Phi) is 5.55. The smallest absolute Gasteiger partial charge is 0.196 e. The molecule has 0 aromatic heterocycles. The second-order valence-corrected chi connectivity index (χ2v) is 6.17. The van der Waals surface area contributed by atoms with Gasteiger partial charge in [0.1, 0.15) is 5.75 Å². The van der Waals surface area contributed by atoms with Crippen LogP contribution in [0.15, 0.2) is 34.8 Å². The van der Waals surface area contributed by atoms with Crippen LogP contribution in [0.3, 0.4) is 0 Å². The number of halogens is 4. The van der Waals surface area contributed by atoms with Gasteiger partial charge in [0, 0.05) is 21.7 Å². The summed E-state index contributed by atoms with van der Waals surface area (Å²) in [4.78, 5) is 12.6. The van der Waals surface area contributed by atoms with Crippen LogP contribution in [0.25, 0.3) is 0 Å². The van der Waals surface area contributed by atoms with Crippen LogP contribution in [-0.4, -0.2) is 12.4 Å². The lowest BCUT2D eigenvalue weighted by Gasteiger charge is -2.11. The molecule has 2 rings (SSSR count). The van der Waals surface area contributed by atoms with Gasteiger partial charge in [-0.05, 0) is 41.1 Å². The number of benzene rings is 2. The van der Waals surface area contributed by atoms with Gasteiger partial charge in [0.25, 0.3) is 0 Å². The first-order valence-electron chi connectivity index (χ1n) is 6.06. The van der Waals surface area contributed by atoms with Gasteiger partial charge in [-0.3, -0.25) is 4.79 Å². The van der Waals surface area contributed by atoms with Crippen molar-refractivity contribution >= 4 is 56.5 Å². The van der Waals surface area contributed by atoms with Crippen molar-refractivity contribution in [3.05, 3.63) is 61.0 Å². The summed E-state index contributed by atoms with van der Waals surface area (Å²) in [6.45, 7) is 2.30. The normalized spacial score (nSPS) is 10.5. The minimum Gasteiger partial charge on any atom is -0.492 e. The van der Waals surface area contributed by atoms with E-state index in [-0.39, 0.29) is 16.4 Å². The molecule has 110 valence electrons. The molecular formula is C15H10BrCl3O2. The van der Waals surface area contributed by atoms with Crippen LogP contribution in [0, 0.1) is 0 Å². The van der Waals surface area contributed by atoms with E-state index in [2.05, 4.69) is 15.9 Å². The van der Waals surface area contributed by atoms with Crippen molar-refractivity contribution in [2.45, 2.75) is 6.92 Å². The molecule has 0 spiro atoms. The van der Waals surface area contributed by atoms with Gasteiger partial charge < -0.3 is 4.74 Å². The molecule has 0 N–H and O–H groups in total. The Labute approximate surface area is 146 Å². The van der Waals surface area contributed by atoms with Crippen molar-refractivity contribution in [2.75, 3.05) is 6.61 Å². The average molecular weight is 409 g/mol. The molecule has 0 aliphatic carbocycles. The van der Waals surface area contributed by atoms with Crippen molar-refractivity contribution < 1.29 is 9.53 Å². The van der Waals surface area contributed by atoms with Crippen molar-refractivity contribution in [3.8, 4) is 5.75 Å². The monoisotopic (exact) mass is 406 g/mol. The number of carbonyl (C=O) groups is 1. The fourth-order valence-electron chi connectivity index (χ4n) is 1.79. The first-order valence-corrected chi connectivity index (χ1v) is 7.99. The summed E-state index contributed by atoms with van der Waals surface area (Å²) in [5, 5.41) is 0.934. The maximum absolute atomic E-state index is 12.6. The molecule has 2 nitrogen and oxygen atoms in total. The SMILES string of the molecule is CCOc1cc(Cl)c(C(=O)c2cccc(Br)c2Cl)cc1Cl. The molecular weight excluding hydrogens is 398 g/mol. The van der Waals surface area contributed by atoms with Crippen LogP contribution in [-0.2, 0) is 0 Å². The van der Waals surface area contributed by atoms with E-state index in [9.17, 15) is 4.79 Å². The number of hydrogen-bond acceptors (Lipinski definition) is 2. The second kappa shape index (κ2) is 7.01. The zero-order valence-electron chi connectivity index (χ0n) is 10.9. The first kappa shape index (κ1) is 16.6. The third-order valence-electron chi connectivity index (χ3n) is 2.76. The molecule has 0 saturated carbocycles. The van der Waals surface area contributed by atoms with E-state index in [0.717, 1.165) is 0 Å². The fourth-order valence-corrected chi connectivity index (χ4v) is 2.83. The van der Waals surface area contributed by atoms with E-state index in [0.29, 0.717) is 32.4 Å². The third-order valence-corrected chi connectivity index (χ3v) is 4.67. The van der Waals surface area contributed by atoms with E-state index < -0.39 is 0 Å². The molecule has 0 aliphatic rings. The zero-order chi connectivity index (χ0) is 15.6. The summed E-state index contributed by atoms with van der Waals surface area (Å²) in [7, 11) is 0. The van der Waals surface area contributed by atoms with E-state index in [1.54, 1.807) is 18.2 Å². The van der Waals surface area contributed by atoms with Crippen molar-refractivity contribution in [2.24, 2.45) is 0 Å². The molecule has 0 atom stereocenters. The van der Waals surface area contributed by atoms with Crippen LogP contribution in [0.5, 0.6) is 5.75 Å². The van der Waals surface area contributed by atoms with Crippen molar-refractivity contribution in [1.82, 2.24) is 0 Å². The van der Waals surface area contributed by atoms with Gasteiger partial charge in [0.05, 0.1) is 21.7 Å². The summed E-state index contributed by atoms with van der Waals surface area (Å²) in [6.07, 6.45) is 0. The summed E-state index contributed by atoms with van der Waals surface area (Å²) >= 11 is 21.7. The molecule has 0 unspecified atom stereocenters. The van der Waals surface area contributed by atoms with Gasteiger partial charge >= 0.3 is 0 Å². The highest BCUT2D eigenvalue weighted by Crippen LogP contribution is 2.34. The van der Waals surface area contributed by atoms with Crippen LogP contribution in [0.2, 0.25) is 15.1 Å². The molecule has 0 amide bonds. The minimum absolute atomic E-state index is 0.267. The zero-order valence-corrected chi connectivity index (χ0v) is 14.8. The summed E-state index contributed by atoms with van der Waals surface area (Å²) < 4.78 is 5.98. The number of hydrogen-bond donors (Lipinski definition) is 0. The van der Waals surface area contributed by atoms with Gasteiger partial charge in [-0.15, -0.1) is 0 Å². The number of carbonyl (C=O) groups excluding carboxylic acids is 1. The maximum atomic E-state index is 12.6. The van der Waals surface area contributed by atoms with E-state index >= 15 is 0 Å². The average Bonchev–Trinajstić information content (AvgIpc) is 2.45. The summed E-state index contributed by atoms with van der Waals surface area (Å²) in [6, 6.07) is 8.15. The Bertz CT molecular complexity index is 702. The molecule has 2 aromatic rings. The molecule has 0 radical (unpaired) electrons. The van der Waals surface area contributed by atoms with Crippen LogP contribution in [0.4, 0.5) is 0 Å². The lowest BCUT2D eigenvalue weighted by atomic mass is 10.0. The maximum Gasteiger partial charge on any atom is 0.196 e. The first-order chi connectivity index (χ1) is 9.95. The van der Waals surface area contributed by atoms with Gasteiger partial charge in [-0.1, -0.05) is 40.9 Å². The Morgan fingerprint density at radius 2 is 1.86 bits per heavy atom. The minimum atomic E-state index is -0.295. The van der Waals surface area contributed by atoms with Gasteiger partial charge in [0.15, 0.2) is 5.78 Å².